The fraction of sp³-hybridized carbons (Fsp3) is 0.222. The molecule has 9 heteroatoms. The number of nitrogens with one attached hydrogen (secondary N) is 2. The van der Waals surface area contributed by atoms with Gasteiger partial charge in [0.2, 0.25) is 0 Å². The predicted octanol–water partition coefficient (Wildman–Crippen LogP) is 5.04. The fourth-order valence-corrected chi connectivity index (χ4v) is 3.72. The molecule has 0 radical (unpaired) electrons. The number of halogens is 2. The molecule has 0 aliphatic rings. The standard InChI is InChI=1S/C27H27Cl2N3O4/c1-3-35-22-11-7-10-20(14-22)17-30-32-27(34)24(15-19-8-5-4-6-9-19)31-26(33)18(2)36-25-13-12-21(28)16-23(25)29/h4-14,16-18,24H,3,15H2,1-2H3,(H,31,33)(H,32,34)/b30-17-/t18-,24+/m1/s1. The smallest absolute Gasteiger partial charge is 0.262 e. The molecular formula is C27H27Cl2N3O4. The molecule has 0 aliphatic carbocycles. The number of carbonyl (C=O) groups is 2. The normalized spacial score (nSPS) is 12.6. The zero-order valence-corrected chi connectivity index (χ0v) is 21.4. The van der Waals surface area contributed by atoms with Crippen LogP contribution in [0.4, 0.5) is 0 Å². The molecule has 0 aromatic heterocycles. The van der Waals surface area contributed by atoms with E-state index in [0.717, 1.165) is 11.1 Å². The SMILES string of the molecule is CCOc1cccc(/C=N\NC(=O)[C@H](Cc2ccccc2)NC(=O)[C@@H](C)Oc2ccc(Cl)cc2Cl)c1. The van der Waals surface area contributed by atoms with Crippen LogP contribution in [-0.2, 0) is 16.0 Å². The molecule has 0 saturated carbocycles. The number of hydrazone groups is 1. The number of amides is 2. The minimum absolute atomic E-state index is 0.266. The monoisotopic (exact) mass is 527 g/mol. The Morgan fingerprint density at radius 3 is 2.50 bits per heavy atom. The first-order valence-electron chi connectivity index (χ1n) is 11.4. The third kappa shape index (κ3) is 8.29. The quantitative estimate of drug-likeness (QED) is 0.270. The molecule has 188 valence electrons. The van der Waals surface area contributed by atoms with E-state index in [9.17, 15) is 9.59 Å². The Balaban J connectivity index is 1.68. The van der Waals surface area contributed by atoms with Gasteiger partial charge in [-0.3, -0.25) is 9.59 Å². The molecule has 3 rings (SSSR count). The zero-order chi connectivity index (χ0) is 25.9. The second-order valence-electron chi connectivity index (χ2n) is 7.83. The molecular weight excluding hydrogens is 501 g/mol. The van der Waals surface area contributed by atoms with E-state index in [0.29, 0.717) is 23.1 Å². The lowest BCUT2D eigenvalue weighted by atomic mass is 10.1. The summed E-state index contributed by atoms with van der Waals surface area (Å²) in [4.78, 5) is 25.9. The number of hydrogen-bond donors (Lipinski definition) is 2. The molecule has 36 heavy (non-hydrogen) atoms. The molecule has 2 N–H and O–H groups in total. The Morgan fingerprint density at radius 1 is 1.00 bits per heavy atom. The Kier molecular flexibility index (Phi) is 10.2. The van der Waals surface area contributed by atoms with Crippen LogP contribution in [0.3, 0.4) is 0 Å². The van der Waals surface area contributed by atoms with E-state index in [4.69, 9.17) is 32.7 Å². The van der Waals surface area contributed by atoms with Crippen molar-refractivity contribution in [3.05, 3.63) is 94.0 Å². The first-order valence-corrected chi connectivity index (χ1v) is 12.1. The largest absolute Gasteiger partial charge is 0.494 e. The van der Waals surface area contributed by atoms with E-state index in [1.165, 1.54) is 12.3 Å². The molecule has 0 saturated heterocycles. The second-order valence-corrected chi connectivity index (χ2v) is 8.67. The Labute approximate surface area is 220 Å². The minimum Gasteiger partial charge on any atom is -0.494 e. The van der Waals surface area contributed by atoms with E-state index in [2.05, 4.69) is 15.8 Å². The first-order chi connectivity index (χ1) is 17.4. The summed E-state index contributed by atoms with van der Waals surface area (Å²) in [5, 5.41) is 7.54. The van der Waals surface area contributed by atoms with Crippen molar-refractivity contribution in [1.82, 2.24) is 10.7 Å². The van der Waals surface area contributed by atoms with Crippen molar-refractivity contribution in [2.75, 3.05) is 6.61 Å². The maximum atomic E-state index is 13.0. The summed E-state index contributed by atoms with van der Waals surface area (Å²) < 4.78 is 11.2. The van der Waals surface area contributed by atoms with Crippen molar-refractivity contribution in [2.24, 2.45) is 5.10 Å². The minimum atomic E-state index is -0.917. The lowest BCUT2D eigenvalue weighted by Gasteiger charge is -2.21. The van der Waals surface area contributed by atoms with Gasteiger partial charge in [0.25, 0.3) is 11.8 Å². The molecule has 3 aromatic carbocycles. The maximum absolute atomic E-state index is 13.0. The molecule has 2 atom stereocenters. The summed E-state index contributed by atoms with van der Waals surface area (Å²) in [5.74, 6) is 0.0649. The molecule has 0 unspecified atom stereocenters. The van der Waals surface area contributed by atoms with Crippen LogP contribution < -0.4 is 20.2 Å². The maximum Gasteiger partial charge on any atom is 0.262 e. The average Bonchev–Trinajstić information content (AvgIpc) is 2.86. The Hall–Kier alpha value is -3.55. The van der Waals surface area contributed by atoms with Crippen molar-refractivity contribution in [2.45, 2.75) is 32.4 Å². The highest BCUT2D eigenvalue weighted by Crippen LogP contribution is 2.28. The van der Waals surface area contributed by atoms with Crippen LogP contribution in [-0.4, -0.2) is 36.8 Å². The molecule has 0 fully saturated rings. The van der Waals surface area contributed by atoms with Gasteiger partial charge < -0.3 is 14.8 Å². The fourth-order valence-electron chi connectivity index (χ4n) is 3.26. The van der Waals surface area contributed by atoms with Gasteiger partial charge in [0.05, 0.1) is 17.8 Å². The first kappa shape index (κ1) is 27.0. The molecule has 0 heterocycles. The summed E-state index contributed by atoms with van der Waals surface area (Å²) >= 11 is 12.1. The van der Waals surface area contributed by atoms with Crippen LogP contribution in [0.25, 0.3) is 0 Å². The molecule has 0 spiro atoms. The molecule has 0 bridgehead atoms. The van der Waals surface area contributed by atoms with Gasteiger partial charge in [0, 0.05) is 11.4 Å². The average molecular weight is 528 g/mol. The zero-order valence-electron chi connectivity index (χ0n) is 19.9. The van der Waals surface area contributed by atoms with Crippen LogP contribution in [0.1, 0.15) is 25.0 Å². The van der Waals surface area contributed by atoms with E-state index in [-0.39, 0.29) is 11.4 Å². The van der Waals surface area contributed by atoms with Crippen LogP contribution in [0.2, 0.25) is 10.0 Å². The van der Waals surface area contributed by atoms with Crippen LogP contribution in [0.5, 0.6) is 11.5 Å². The highest BCUT2D eigenvalue weighted by atomic mass is 35.5. The number of hydrogen-bond acceptors (Lipinski definition) is 5. The number of benzene rings is 3. The van der Waals surface area contributed by atoms with Gasteiger partial charge in [-0.2, -0.15) is 5.10 Å². The highest BCUT2D eigenvalue weighted by molar-refractivity contribution is 6.35. The summed E-state index contributed by atoms with van der Waals surface area (Å²) in [6.07, 6.45) is 0.859. The Morgan fingerprint density at radius 2 is 1.78 bits per heavy atom. The van der Waals surface area contributed by atoms with Crippen molar-refractivity contribution >= 4 is 41.2 Å². The van der Waals surface area contributed by atoms with E-state index >= 15 is 0 Å². The number of rotatable bonds is 11. The van der Waals surface area contributed by atoms with Gasteiger partial charge in [-0.15, -0.1) is 0 Å². The number of nitrogens with zero attached hydrogens (tertiary/aromatic N) is 1. The van der Waals surface area contributed by atoms with E-state index in [1.54, 1.807) is 19.1 Å². The van der Waals surface area contributed by atoms with Gasteiger partial charge in [-0.05, 0) is 55.3 Å². The van der Waals surface area contributed by atoms with Crippen molar-refractivity contribution in [1.29, 1.82) is 0 Å². The lowest BCUT2D eigenvalue weighted by Crippen LogP contribution is -2.50. The third-order valence-corrected chi connectivity index (χ3v) is 5.57. The summed E-state index contributed by atoms with van der Waals surface area (Å²) in [5.41, 5.74) is 4.14. The summed E-state index contributed by atoms with van der Waals surface area (Å²) in [7, 11) is 0. The van der Waals surface area contributed by atoms with Gasteiger partial charge in [-0.1, -0.05) is 65.7 Å². The topological polar surface area (TPSA) is 89.0 Å². The number of ether oxygens (including phenoxy) is 2. The van der Waals surface area contributed by atoms with Crippen molar-refractivity contribution in [3.63, 3.8) is 0 Å². The second kappa shape index (κ2) is 13.5. The van der Waals surface area contributed by atoms with Crippen LogP contribution >= 0.6 is 23.2 Å². The van der Waals surface area contributed by atoms with Gasteiger partial charge in [-0.25, -0.2) is 5.43 Å². The molecule has 0 aliphatic heterocycles. The number of carbonyl (C=O) groups excluding carboxylic acids is 2. The van der Waals surface area contributed by atoms with Gasteiger partial charge in [0.1, 0.15) is 17.5 Å². The molecule has 7 nitrogen and oxygen atoms in total. The van der Waals surface area contributed by atoms with Gasteiger partial charge in [0.15, 0.2) is 6.10 Å². The van der Waals surface area contributed by atoms with Crippen LogP contribution in [0.15, 0.2) is 77.9 Å². The van der Waals surface area contributed by atoms with Crippen molar-refractivity contribution in [3.8, 4) is 11.5 Å². The predicted molar refractivity (Wildman–Crippen MR) is 142 cm³/mol. The van der Waals surface area contributed by atoms with Crippen LogP contribution in [0, 0.1) is 0 Å². The van der Waals surface area contributed by atoms with Gasteiger partial charge >= 0.3 is 0 Å². The molecule has 2 amide bonds. The highest BCUT2D eigenvalue weighted by Gasteiger charge is 2.25. The Bertz CT molecular complexity index is 1200. The van der Waals surface area contributed by atoms with E-state index < -0.39 is 24.0 Å². The molecule has 3 aromatic rings. The third-order valence-electron chi connectivity index (χ3n) is 5.04. The summed E-state index contributed by atoms with van der Waals surface area (Å²) in [6.45, 7) is 4.02. The van der Waals surface area contributed by atoms with Crippen molar-refractivity contribution < 1.29 is 19.1 Å². The lowest BCUT2D eigenvalue weighted by molar-refractivity contribution is -0.132. The van der Waals surface area contributed by atoms with E-state index in [1.807, 2.05) is 61.5 Å². The summed E-state index contributed by atoms with van der Waals surface area (Å²) in [6, 6.07) is 20.5.